The van der Waals surface area contributed by atoms with E-state index in [1.54, 1.807) is 6.20 Å². The number of aromatic amines is 1. The summed E-state index contributed by atoms with van der Waals surface area (Å²) in [6.07, 6.45) is 6.62. The Morgan fingerprint density at radius 2 is 2.05 bits per heavy atom. The normalized spacial score (nSPS) is 10.4. The van der Waals surface area contributed by atoms with Crippen LogP contribution in [0.3, 0.4) is 0 Å². The summed E-state index contributed by atoms with van der Waals surface area (Å²) in [7, 11) is 0. The number of aromatic nitrogens is 4. The molecule has 0 saturated carbocycles. The molecule has 0 atom stereocenters. The van der Waals surface area contributed by atoms with Crippen LogP contribution in [-0.4, -0.2) is 26.5 Å². The topological polar surface area (TPSA) is 58.5 Å². The van der Waals surface area contributed by atoms with Crippen LogP contribution in [0.25, 0.3) is 5.69 Å². The quantitative estimate of drug-likeness (QED) is 0.687. The first-order valence-electron chi connectivity index (χ1n) is 7.11. The van der Waals surface area contributed by atoms with Gasteiger partial charge in [-0.05, 0) is 43.7 Å². The van der Waals surface area contributed by atoms with Gasteiger partial charge < -0.3 is 5.32 Å². The van der Waals surface area contributed by atoms with Crippen molar-refractivity contribution >= 4 is 12.4 Å². The van der Waals surface area contributed by atoms with Gasteiger partial charge in [-0.3, -0.25) is 5.10 Å². The van der Waals surface area contributed by atoms with Crippen LogP contribution in [-0.2, 0) is 13.0 Å². The maximum Gasteiger partial charge on any atom is 0.0645 e. The van der Waals surface area contributed by atoms with Crippen LogP contribution in [0.2, 0.25) is 0 Å². The zero-order chi connectivity index (χ0) is 14.5. The minimum absolute atomic E-state index is 0. The predicted octanol–water partition coefficient (Wildman–Crippen LogP) is 2.66. The minimum Gasteiger partial charge on any atom is -0.312 e. The average Bonchev–Trinajstić information content (AvgIpc) is 3.16. The fourth-order valence-electron chi connectivity index (χ4n) is 2.25. The van der Waals surface area contributed by atoms with Crippen molar-refractivity contribution in [1.29, 1.82) is 0 Å². The van der Waals surface area contributed by atoms with E-state index in [2.05, 4.69) is 44.9 Å². The fraction of sp³-hybridized carbons (Fsp3) is 0.250. The highest BCUT2D eigenvalue weighted by Crippen LogP contribution is 2.09. The number of halogens is 1. The summed E-state index contributed by atoms with van der Waals surface area (Å²) < 4.78 is 1.86. The summed E-state index contributed by atoms with van der Waals surface area (Å²) in [4.78, 5) is 0. The van der Waals surface area contributed by atoms with Crippen molar-refractivity contribution in [1.82, 2.24) is 25.3 Å². The van der Waals surface area contributed by atoms with Crippen LogP contribution in [0.1, 0.15) is 16.8 Å². The molecule has 0 aliphatic carbocycles. The van der Waals surface area contributed by atoms with Crippen molar-refractivity contribution < 1.29 is 0 Å². The van der Waals surface area contributed by atoms with E-state index >= 15 is 0 Å². The second-order valence-electron chi connectivity index (χ2n) is 5.06. The largest absolute Gasteiger partial charge is 0.312 e. The number of H-pyrrole nitrogens is 1. The molecule has 0 bridgehead atoms. The Bertz CT molecular complexity index is 673. The molecule has 2 N–H and O–H groups in total. The summed E-state index contributed by atoms with van der Waals surface area (Å²) in [6, 6.07) is 10.4. The van der Waals surface area contributed by atoms with E-state index in [1.807, 2.05) is 30.1 Å². The molecule has 116 valence electrons. The van der Waals surface area contributed by atoms with Crippen molar-refractivity contribution in [2.24, 2.45) is 0 Å². The van der Waals surface area contributed by atoms with Crippen molar-refractivity contribution in [3.63, 3.8) is 0 Å². The Morgan fingerprint density at radius 3 is 2.68 bits per heavy atom. The summed E-state index contributed by atoms with van der Waals surface area (Å²) in [5, 5.41) is 14.6. The van der Waals surface area contributed by atoms with E-state index in [0.29, 0.717) is 0 Å². The molecule has 22 heavy (non-hydrogen) atoms. The molecule has 3 rings (SSSR count). The highest BCUT2D eigenvalue weighted by Gasteiger charge is 2.00. The third kappa shape index (κ3) is 3.96. The number of rotatable bonds is 6. The third-order valence-electron chi connectivity index (χ3n) is 3.55. The summed E-state index contributed by atoms with van der Waals surface area (Å²) in [5.41, 5.74) is 4.77. The van der Waals surface area contributed by atoms with Gasteiger partial charge in [-0.25, -0.2) is 4.68 Å². The first-order chi connectivity index (χ1) is 10.3. The SMILES string of the molecule is Cc1[nH]ncc1CNCCc1ccc(-n2cccn2)cc1.Cl. The summed E-state index contributed by atoms with van der Waals surface area (Å²) in [6.45, 7) is 3.84. The second kappa shape index (κ2) is 7.77. The number of nitrogens with one attached hydrogen (secondary N) is 2. The molecule has 0 aliphatic rings. The molecular formula is C16H20ClN5. The van der Waals surface area contributed by atoms with E-state index in [-0.39, 0.29) is 12.4 Å². The van der Waals surface area contributed by atoms with Crippen molar-refractivity contribution in [2.45, 2.75) is 19.9 Å². The van der Waals surface area contributed by atoms with Gasteiger partial charge in [-0.2, -0.15) is 10.2 Å². The molecular weight excluding hydrogens is 298 g/mol. The molecule has 3 aromatic rings. The highest BCUT2D eigenvalue weighted by atomic mass is 35.5. The Labute approximate surface area is 136 Å². The van der Waals surface area contributed by atoms with Gasteiger partial charge in [0.1, 0.15) is 0 Å². The number of aryl methyl sites for hydroxylation is 1. The lowest BCUT2D eigenvalue weighted by molar-refractivity contribution is 0.684. The van der Waals surface area contributed by atoms with Gasteiger partial charge in [-0.15, -0.1) is 12.4 Å². The third-order valence-corrected chi connectivity index (χ3v) is 3.55. The van der Waals surface area contributed by atoms with Crippen LogP contribution in [0.4, 0.5) is 0 Å². The molecule has 6 heteroatoms. The Morgan fingerprint density at radius 1 is 1.23 bits per heavy atom. The molecule has 5 nitrogen and oxygen atoms in total. The van der Waals surface area contributed by atoms with Crippen LogP contribution in [0, 0.1) is 6.92 Å². The van der Waals surface area contributed by atoms with Crippen molar-refractivity contribution in [3.8, 4) is 5.69 Å². The molecule has 0 amide bonds. The van der Waals surface area contributed by atoms with Crippen LogP contribution in [0.5, 0.6) is 0 Å². The van der Waals surface area contributed by atoms with Gasteiger partial charge in [0.2, 0.25) is 0 Å². The van der Waals surface area contributed by atoms with Crippen molar-refractivity contribution in [3.05, 3.63) is 65.7 Å². The minimum atomic E-state index is 0. The first-order valence-corrected chi connectivity index (χ1v) is 7.11. The lowest BCUT2D eigenvalue weighted by atomic mass is 10.1. The fourth-order valence-corrected chi connectivity index (χ4v) is 2.25. The van der Waals surface area contributed by atoms with Gasteiger partial charge in [-0.1, -0.05) is 12.1 Å². The summed E-state index contributed by atoms with van der Waals surface area (Å²) in [5.74, 6) is 0. The lowest BCUT2D eigenvalue weighted by Gasteiger charge is -2.06. The highest BCUT2D eigenvalue weighted by molar-refractivity contribution is 5.85. The smallest absolute Gasteiger partial charge is 0.0645 e. The van der Waals surface area contributed by atoms with Gasteiger partial charge in [0.05, 0.1) is 11.9 Å². The molecule has 0 radical (unpaired) electrons. The molecule has 0 fully saturated rings. The summed E-state index contributed by atoms with van der Waals surface area (Å²) >= 11 is 0. The van der Waals surface area contributed by atoms with E-state index in [9.17, 15) is 0 Å². The standard InChI is InChI=1S/C16H19N5.ClH/c1-13-15(12-18-20-13)11-17-9-7-14-3-5-16(6-4-14)21-10-2-8-19-21;/h2-6,8,10,12,17H,7,9,11H2,1H3,(H,18,20);1H. The van der Waals surface area contributed by atoms with E-state index < -0.39 is 0 Å². The van der Waals surface area contributed by atoms with Gasteiger partial charge in [0.25, 0.3) is 0 Å². The van der Waals surface area contributed by atoms with Gasteiger partial charge >= 0.3 is 0 Å². The first kappa shape index (κ1) is 16.3. The number of benzene rings is 1. The Hall–Kier alpha value is -2.11. The van der Waals surface area contributed by atoms with Gasteiger partial charge in [0.15, 0.2) is 0 Å². The lowest BCUT2D eigenvalue weighted by Crippen LogP contribution is -2.16. The van der Waals surface area contributed by atoms with Crippen LogP contribution >= 0.6 is 12.4 Å². The molecule has 1 aromatic carbocycles. The molecule has 0 saturated heterocycles. The maximum absolute atomic E-state index is 4.22. The van der Waals surface area contributed by atoms with E-state index in [0.717, 1.165) is 30.9 Å². The average molecular weight is 318 g/mol. The number of nitrogens with zero attached hydrogens (tertiary/aromatic N) is 3. The van der Waals surface area contributed by atoms with Crippen LogP contribution in [0.15, 0.2) is 48.9 Å². The van der Waals surface area contributed by atoms with Crippen LogP contribution < -0.4 is 5.32 Å². The molecule has 2 heterocycles. The number of hydrogen-bond donors (Lipinski definition) is 2. The monoisotopic (exact) mass is 317 g/mol. The molecule has 0 spiro atoms. The molecule has 2 aromatic heterocycles. The van der Waals surface area contributed by atoms with E-state index in [1.165, 1.54) is 11.1 Å². The molecule has 0 aliphatic heterocycles. The second-order valence-corrected chi connectivity index (χ2v) is 5.06. The molecule has 0 unspecified atom stereocenters. The zero-order valence-corrected chi connectivity index (χ0v) is 13.3. The van der Waals surface area contributed by atoms with Gasteiger partial charge in [0, 0.05) is 30.2 Å². The number of hydrogen-bond acceptors (Lipinski definition) is 3. The van der Waals surface area contributed by atoms with Crippen molar-refractivity contribution in [2.75, 3.05) is 6.54 Å². The van der Waals surface area contributed by atoms with E-state index in [4.69, 9.17) is 0 Å². The predicted molar refractivity (Wildman–Crippen MR) is 89.5 cm³/mol. The maximum atomic E-state index is 4.22. The Balaban J connectivity index is 0.00000176. The zero-order valence-electron chi connectivity index (χ0n) is 12.5. The Kier molecular flexibility index (Phi) is 5.75.